The Balaban J connectivity index is 1.56. The number of halogens is 1. The third-order valence-corrected chi connectivity index (χ3v) is 6.49. The van der Waals surface area contributed by atoms with Crippen molar-refractivity contribution in [3.63, 3.8) is 0 Å². The van der Waals surface area contributed by atoms with Crippen molar-refractivity contribution >= 4 is 40.2 Å². The number of aromatic nitrogens is 1. The smallest absolute Gasteiger partial charge is 0.267 e. The van der Waals surface area contributed by atoms with E-state index in [1.807, 2.05) is 25.1 Å². The Morgan fingerprint density at radius 2 is 1.91 bits per heavy atom. The highest BCUT2D eigenvalue weighted by atomic mass is 32.2. The van der Waals surface area contributed by atoms with Crippen LogP contribution in [0.4, 0.5) is 4.39 Å². The number of benzene rings is 2. The number of thioether (sulfide) groups is 1. The first-order valence-electron chi connectivity index (χ1n) is 10.4. The van der Waals surface area contributed by atoms with E-state index in [0.717, 1.165) is 11.3 Å². The second-order valence-corrected chi connectivity index (χ2v) is 8.84. The largest absolute Gasteiger partial charge is 0.364 e. The van der Waals surface area contributed by atoms with Gasteiger partial charge in [-0.1, -0.05) is 12.1 Å². The molecule has 0 saturated carbocycles. The standard InChI is InChI=1S/C24H24FN5O2S/c1-13-22(14(2)30(29-13)12-15-4-7-17(33-3)8-5-15)28-24(32)19-11-21(23(26)31)27-20-10-16(25)6-9-18(19)20/h4-11,14,22H,12H2,1-3H3,(H2,26,31)(H,28,32). The number of primary amides is 1. The van der Waals surface area contributed by atoms with Crippen LogP contribution >= 0.6 is 11.8 Å². The van der Waals surface area contributed by atoms with E-state index in [1.165, 1.54) is 29.2 Å². The second kappa shape index (κ2) is 9.19. The number of hydrogen-bond acceptors (Lipinski definition) is 6. The van der Waals surface area contributed by atoms with E-state index in [4.69, 9.17) is 5.73 Å². The van der Waals surface area contributed by atoms with E-state index in [-0.39, 0.29) is 28.9 Å². The van der Waals surface area contributed by atoms with Gasteiger partial charge < -0.3 is 11.1 Å². The Morgan fingerprint density at radius 1 is 1.18 bits per heavy atom. The lowest BCUT2D eigenvalue weighted by molar-refractivity contribution is 0.0931. The van der Waals surface area contributed by atoms with Gasteiger partial charge in [0.05, 0.1) is 35.4 Å². The maximum atomic E-state index is 13.7. The van der Waals surface area contributed by atoms with E-state index in [0.29, 0.717) is 11.9 Å². The molecule has 0 aliphatic carbocycles. The van der Waals surface area contributed by atoms with Crippen molar-refractivity contribution in [3.05, 3.63) is 71.2 Å². The number of fused-ring (bicyclic) bond motifs is 1. The van der Waals surface area contributed by atoms with E-state index in [9.17, 15) is 14.0 Å². The summed E-state index contributed by atoms with van der Waals surface area (Å²) in [5, 5.41) is 10.0. The third-order valence-electron chi connectivity index (χ3n) is 5.75. The lowest BCUT2D eigenvalue weighted by atomic mass is 10.0. The minimum atomic E-state index is -0.791. The average Bonchev–Trinajstić information content (AvgIpc) is 3.05. The van der Waals surface area contributed by atoms with Gasteiger partial charge in [-0.25, -0.2) is 9.37 Å². The number of hydrazone groups is 1. The van der Waals surface area contributed by atoms with Crippen LogP contribution in [0.1, 0.15) is 40.3 Å². The number of rotatable bonds is 6. The van der Waals surface area contributed by atoms with Crippen LogP contribution < -0.4 is 11.1 Å². The van der Waals surface area contributed by atoms with Gasteiger partial charge in [0.15, 0.2) is 0 Å². The highest BCUT2D eigenvalue weighted by molar-refractivity contribution is 7.98. The van der Waals surface area contributed by atoms with Crippen molar-refractivity contribution in [2.45, 2.75) is 37.4 Å². The summed E-state index contributed by atoms with van der Waals surface area (Å²) in [6, 6.07) is 13.1. The molecular formula is C24H24FN5O2S. The van der Waals surface area contributed by atoms with Crippen molar-refractivity contribution in [3.8, 4) is 0 Å². The normalized spacial score (nSPS) is 17.8. The Kier molecular flexibility index (Phi) is 6.33. The van der Waals surface area contributed by atoms with Gasteiger partial charge in [-0.15, -0.1) is 11.8 Å². The van der Waals surface area contributed by atoms with Gasteiger partial charge in [0.1, 0.15) is 11.5 Å². The molecule has 1 aliphatic heterocycles. The summed E-state index contributed by atoms with van der Waals surface area (Å²) >= 11 is 1.69. The molecule has 2 amide bonds. The lowest BCUT2D eigenvalue weighted by Crippen LogP contribution is -2.47. The summed E-state index contributed by atoms with van der Waals surface area (Å²) in [4.78, 5) is 30.2. The number of hydrogen-bond donors (Lipinski definition) is 2. The predicted octanol–water partition coefficient (Wildman–Crippen LogP) is 3.57. The van der Waals surface area contributed by atoms with Crippen LogP contribution in [0.2, 0.25) is 0 Å². The van der Waals surface area contributed by atoms with Gasteiger partial charge >= 0.3 is 0 Å². The SMILES string of the molecule is CSc1ccc(CN2N=C(C)C(NC(=O)c3cc(C(N)=O)nc4cc(F)ccc34)C2C)cc1. The molecule has 1 aromatic heterocycles. The fourth-order valence-corrected chi connectivity index (χ4v) is 4.34. The first kappa shape index (κ1) is 22.7. The molecule has 170 valence electrons. The molecule has 3 N–H and O–H groups in total. The Bertz CT molecular complexity index is 1260. The van der Waals surface area contributed by atoms with E-state index < -0.39 is 17.6 Å². The summed E-state index contributed by atoms with van der Waals surface area (Å²) in [5.41, 5.74) is 7.57. The Morgan fingerprint density at radius 3 is 2.58 bits per heavy atom. The number of amides is 2. The van der Waals surface area contributed by atoms with E-state index in [2.05, 4.69) is 39.7 Å². The molecule has 3 aromatic rings. The topological polar surface area (TPSA) is 101 Å². The summed E-state index contributed by atoms with van der Waals surface area (Å²) in [5.74, 6) is -1.72. The highest BCUT2D eigenvalue weighted by Gasteiger charge is 2.33. The number of nitrogens with one attached hydrogen (secondary N) is 1. The summed E-state index contributed by atoms with van der Waals surface area (Å²) in [6.45, 7) is 4.48. The Hall–Kier alpha value is -3.46. The van der Waals surface area contributed by atoms with Gasteiger partial charge in [0, 0.05) is 16.3 Å². The molecule has 2 atom stereocenters. The summed E-state index contributed by atoms with van der Waals surface area (Å²) < 4.78 is 13.7. The minimum Gasteiger partial charge on any atom is -0.364 e. The van der Waals surface area contributed by atoms with Crippen molar-refractivity contribution in [1.82, 2.24) is 15.3 Å². The molecule has 0 fully saturated rings. The molecule has 0 saturated heterocycles. The van der Waals surface area contributed by atoms with Crippen LogP contribution in [0.25, 0.3) is 10.9 Å². The number of nitrogens with zero attached hydrogens (tertiary/aromatic N) is 3. The zero-order valence-corrected chi connectivity index (χ0v) is 19.3. The van der Waals surface area contributed by atoms with Crippen molar-refractivity contribution in [2.75, 3.05) is 6.26 Å². The van der Waals surface area contributed by atoms with Crippen molar-refractivity contribution in [2.24, 2.45) is 10.8 Å². The molecule has 9 heteroatoms. The number of pyridine rings is 1. The van der Waals surface area contributed by atoms with E-state index >= 15 is 0 Å². The second-order valence-electron chi connectivity index (χ2n) is 7.96. The van der Waals surface area contributed by atoms with Crippen LogP contribution in [0, 0.1) is 5.82 Å². The highest BCUT2D eigenvalue weighted by Crippen LogP contribution is 2.23. The summed E-state index contributed by atoms with van der Waals surface area (Å²) in [6.07, 6.45) is 2.04. The van der Waals surface area contributed by atoms with E-state index in [1.54, 1.807) is 11.8 Å². The van der Waals surface area contributed by atoms with Crippen molar-refractivity contribution in [1.29, 1.82) is 0 Å². The van der Waals surface area contributed by atoms with Gasteiger partial charge in [0.25, 0.3) is 11.8 Å². The number of nitrogens with two attached hydrogens (primary N) is 1. The fourth-order valence-electron chi connectivity index (χ4n) is 3.93. The molecule has 0 radical (unpaired) electrons. The first-order valence-corrected chi connectivity index (χ1v) is 11.6. The van der Waals surface area contributed by atoms with Gasteiger partial charge in [-0.2, -0.15) is 5.10 Å². The maximum Gasteiger partial charge on any atom is 0.267 e. The molecule has 2 heterocycles. The number of carbonyl (C=O) groups is 2. The number of carbonyl (C=O) groups excluding carboxylic acids is 2. The van der Waals surface area contributed by atoms with Crippen LogP contribution in [0.15, 0.2) is 58.5 Å². The Labute approximate surface area is 195 Å². The molecule has 0 spiro atoms. The van der Waals surface area contributed by atoms with Crippen LogP contribution in [0.5, 0.6) is 0 Å². The summed E-state index contributed by atoms with van der Waals surface area (Å²) in [7, 11) is 0. The molecule has 2 aromatic carbocycles. The monoisotopic (exact) mass is 465 g/mol. The van der Waals surface area contributed by atoms with Crippen molar-refractivity contribution < 1.29 is 14.0 Å². The molecule has 7 nitrogen and oxygen atoms in total. The third kappa shape index (κ3) is 4.68. The fraction of sp³-hybridized carbons (Fsp3) is 0.250. The average molecular weight is 466 g/mol. The molecular weight excluding hydrogens is 441 g/mol. The zero-order chi connectivity index (χ0) is 23.7. The molecule has 1 aliphatic rings. The van der Waals surface area contributed by atoms with Gasteiger partial charge in [-0.05, 0) is 56.0 Å². The van der Waals surface area contributed by atoms with Crippen LogP contribution in [-0.4, -0.2) is 45.9 Å². The predicted molar refractivity (Wildman–Crippen MR) is 128 cm³/mol. The van der Waals surface area contributed by atoms with Gasteiger partial charge in [0.2, 0.25) is 0 Å². The maximum absolute atomic E-state index is 13.7. The quantitative estimate of drug-likeness (QED) is 0.542. The lowest BCUT2D eigenvalue weighted by Gasteiger charge is -2.25. The zero-order valence-electron chi connectivity index (χ0n) is 18.5. The van der Waals surface area contributed by atoms with Crippen LogP contribution in [0.3, 0.4) is 0 Å². The molecule has 0 bridgehead atoms. The molecule has 4 rings (SSSR count). The first-order chi connectivity index (χ1) is 15.8. The van der Waals surface area contributed by atoms with Crippen LogP contribution in [-0.2, 0) is 6.54 Å². The molecule has 2 unspecified atom stereocenters. The minimum absolute atomic E-state index is 0.0877. The van der Waals surface area contributed by atoms with Gasteiger partial charge in [-0.3, -0.25) is 14.6 Å². The molecule has 33 heavy (non-hydrogen) atoms.